The average molecular weight is 476 g/mol. The first-order valence-corrected chi connectivity index (χ1v) is 12.4. The molecule has 6 atom stereocenters. The molecule has 0 aliphatic carbocycles. The number of ether oxygens (including phenoxy) is 1. The second kappa shape index (κ2) is 9.82. The van der Waals surface area contributed by atoms with Crippen molar-refractivity contribution in [2.75, 3.05) is 33.3 Å². The fourth-order valence-electron chi connectivity index (χ4n) is 6.40. The summed E-state index contributed by atoms with van der Waals surface area (Å²) < 4.78 is 6.74. The van der Waals surface area contributed by atoms with Crippen molar-refractivity contribution in [2.45, 2.75) is 70.2 Å². The topological polar surface area (TPSA) is 90.4 Å². The van der Waals surface area contributed by atoms with Crippen molar-refractivity contribution in [3.8, 4) is 0 Å². The number of carbonyl (C=O) groups is 3. The van der Waals surface area contributed by atoms with Crippen LogP contribution in [0.15, 0.2) is 25.3 Å². The molecule has 34 heavy (non-hydrogen) atoms. The predicted octanol–water partition coefficient (Wildman–Crippen LogP) is 1.84. The Kier molecular flexibility index (Phi) is 7.63. The molecule has 3 aliphatic heterocycles. The standard InChI is InChI=1S/C26H41N3O5/c1-8-12-27(7)22(31)19-20-23(32)29(14-10-11-15-30)21(24(33)28(13-9-2)17(3)4)26(20)16-18(5)25(19,6)34-26/h8-9,17-21,30H,1-2,10-16H2,3-7H3/t18?,19-,20+,21?,25+,26?/m1/s1. The van der Waals surface area contributed by atoms with Gasteiger partial charge in [-0.3, -0.25) is 14.4 Å². The Balaban J connectivity index is 2.10. The zero-order chi connectivity index (χ0) is 25.4. The van der Waals surface area contributed by atoms with E-state index < -0.39 is 29.1 Å². The van der Waals surface area contributed by atoms with E-state index in [9.17, 15) is 19.5 Å². The summed E-state index contributed by atoms with van der Waals surface area (Å²) in [6.07, 6.45) is 4.99. The molecule has 0 aromatic rings. The Morgan fingerprint density at radius 1 is 1.24 bits per heavy atom. The third-order valence-electron chi connectivity index (χ3n) is 8.13. The molecule has 3 heterocycles. The molecule has 0 radical (unpaired) electrons. The Morgan fingerprint density at radius 2 is 1.88 bits per heavy atom. The van der Waals surface area contributed by atoms with Crippen molar-refractivity contribution in [3.63, 3.8) is 0 Å². The quantitative estimate of drug-likeness (QED) is 0.364. The molecular weight excluding hydrogens is 434 g/mol. The highest BCUT2D eigenvalue weighted by Gasteiger charge is 2.80. The molecule has 3 saturated heterocycles. The van der Waals surface area contributed by atoms with Crippen LogP contribution >= 0.6 is 0 Å². The van der Waals surface area contributed by atoms with Crippen LogP contribution in [0.4, 0.5) is 0 Å². The third kappa shape index (κ3) is 3.88. The summed E-state index contributed by atoms with van der Waals surface area (Å²) in [5.41, 5.74) is -1.88. The number of hydrogen-bond donors (Lipinski definition) is 1. The van der Waals surface area contributed by atoms with Gasteiger partial charge in [-0.25, -0.2) is 0 Å². The van der Waals surface area contributed by atoms with Crippen LogP contribution in [-0.2, 0) is 19.1 Å². The van der Waals surface area contributed by atoms with Crippen molar-refractivity contribution < 1.29 is 24.2 Å². The van der Waals surface area contributed by atoms with Crippen LogP contribution in [0.3, 0.4) is 0 Å². The van der Waals surface area contributed by atoms with Crippen LogP contribution < -0.4 is 0 Å². The summed E-state index contributed by atoms with van der Waals surface area (Å²) in [6, 6.07) is -0.893. The molecule has 3 amide bonds. The van der Waals surface area contributed by atoms with E-state index in [2.05, 4.69) is 13.2 Å². The lowest BCUT2D eigenvalue weighted by Crippen LogP contribution is -2.58. The molecule has 3 aliphatic rings. The number of aliphatic hydroxyl groups is 1. The van der Waals surface area contributed by atoms with Crippen LogP contribution in [0, 0.1) is 17.8 Å². The Hall–Kier alpha value is -2.19. The SMILES string of the molecule is C=CCN(C)C(=O)[C@H]1[C@H]2C(=O)N(CCCCO)C(C(=O)N(CC=C)C(C)C)C23CC(C)[C@]1(C)O3. The summed E-state index contributed by atoms with van der Waals surface area (Å²) in [5, 5.41) is 9.30. The normalized spacial score (nSPS) is 33.9. The monoisotopic (exact) mass is 475 g/mol. The van der Waals surface area contributed by atoms with Crippen LogP contribution in [0.5, 0.6) is 0 Å². The van der Waals surface area contributed by atoms with Crippen LogP contribution in [0.2, 0.25) is 0 Å². The van der Waals surface area contributed by atoms with Crippen molar-refractivity contribution in [1.29, 1.82) is 0 Å². The smallest absolute Gasteiger partial charge is 0.248 e. The molecule has 3 fully saturated rings. The van der Waals surface area contributed by atoms with Gasteiger partial charge in [-0.15, -0.1) is 13.2 Å². The maximum absolute atomic E-state index is 14.1. The lowest BCUT2D eigenvalue weighted by molar-refractivity contribution is -0.155. The van der Waals surface area contributed by atoms with E-state index in [4.69, 9.17) is 4.74 Å². The molecule has 0 saturated carbocycles. The van der Waals surface area contributed by atoms with Crippen molar-refractivity contribution in [1.82, 2.24) is 14.7 Å². The number of fused-ring (bicyclic) bond motifs is 1. The van der Waals surface area contributed by atoms with Gasteiger partial charge in [0, 0.05) is 39.3 Å². The molecule has 1 N–H and O–H groups in total. The molecule has 8 heteroatoms. The number of likely N-dealkylation sites (tertiary alicyclic amines) is 1. The van der Waals surface area contributed by atoms with Gasteiger partial charge in [0.2, 0.25) is 17.7 Å². The second-order valence-electron chi connectivity index (χ2n) is 10.5. The number of amides is 3. The highest BCUT2D eigenvalue weighted by molar-refractivity contribution is 5.99. The lowest BCUT2D eigenvalue weighted by atomic mass is 9.62. The first-order valence-electron chi connectivity index (χ1n) is 12.4. The largest absolute Gasteiger partial charge is 0.396 e. The number of carbonyl (C=O) groups excluding carboxylic acids is 3. The summed E-state index contributed by atoms with van der Waals surface area (Å²) in [7, 11) is 1.71. The minimum atomic E-state index is -1.05. The highest BCUT2D eigenvalue weighted by atomic mass is 16.5. The van der Waals surface area contributed by atoms with Gasteiger partial charge in [-0.1, -0.05) is 19.1 Å². The van der Waals surface area contributed by atoms with Gasteiger partial charge in [0.15, 0.2) is 0 Å². The number of aliphatic hydroxyl groups excluding tert-OH is 1. The van der Waals surface area contributed by atoms with Crippen LogP contribution in [-0.4, -0.2) is 94.1 Å². The van der Waals surface area contributed by atoms with E-state index in [1.807, 2.05) is 27.7 Å². The van der Waals surface area contributed by atoms with Crippen LogP contribution in [0.25, 0.3) is 0 Å². The summed E-state index contributed by atoms with van der Waals surface area (Å²) >= 11 is 0. The van der Waals surface area contributed by atoms with Gasteiger partial charge in [0.1, 0.15) is 11.6 Å². The molecule has 3 unspecified atom stereocenters. The predicted molar refractivity (Wildman–Crippen MR) is 130 cm³/mol. The highest BCUT2D eigenvalue weighted by Crippen LogP contribution is 2.65. The lowest BCUT2D eigenvalue weighted by Gasteiger charge is -2.39. The molecule has 3 rings (SSSR count). The van der Waals surface area contributed by atoms with Gasteiger partial charge in [-0.05, 0) is 46.0 Å². The number of unbranched alkanes of at least 4 members (excludes halogenated alkanes) is 1. The number of nitrogens with zero attached hydrogens (tertiary/aromatic N) is 3. The first-order chi connectivity index (χ1) is 16.0. The zero-order valence-corrected chi connectivity index (χ0v) is 21.3. The molecule has 190 valence electrons. The zero-order valence-electron chi connectivity index (χ0n) is 21.3. The van der Waals surface area contributed by atoms with E-state index in [-0.39, 0.29) is 36.3 Å². The van der Waals surface area contributed by atoms with E-state index in [1.165, 1.54) is 0 Å². The van der Waals surface area contributed by atoms with E-state index in [0.29, 0.717) is 38.9 Å². The fourth-order valence-corrected chi connectivity index (χ4v) is 6.40. The Morgan fingerprint density at radius 3 is 2.44 bits per heavy atom. The Bertz CT molecular complexity index is 844. The van der Waals surface area contributed by atoms with Crippen molar-refractivity contribution >= 4 is 17.7 Å². The molecule has 1 spiro atoms. The van der Waals surface area contributed by atoms with Gasteiger partial charge < -0.3 is 24.5 Å². The number of rotatable bonds is 11. The maximum atomic E-state index is 14.1. The third-order valence-corrected chi connectivity index (χ3v) is 8.13. The maximum Gasteiger partial charge on any atom is 0.248 e. The van der Waals surface area contributed by atoms with Crippen LogP contribution in [0.1, 0.15) is 47.0 Å². The minimum Gasteiger partial charge on any atom is -0.396 e. The van der Waals surface area contributed by atoms with Gasteiger partial charge in [0.25, 0.3) is 0 Å². The molecular formula is C26H41N3O5. The van der Waals surface area contributed by atoms with Crippen molar-refractivity contribution in [3.05, 3.63) is 25.3 Å². The minimum absolute atomic E-state index is 0.00206. The van der Waals surface area contributed by atoms with E-state index >= 15 is 0 Å². The first kappa shape index (κ1) is 26.4. The fraction of sp³-hybridized carbons (Fsp3) is 0.731. The van der Waals surface area contributed by atoms with E-state index in [0.717, 1.165) is 0 Å². The summed E-state index contributed by atoms with van der Waals surface area (Å²) in [6.45, 7) is 16.5. The number of hydrogen-bond acceptors (Lipinski definition) is 5. The van der Waals surface area contributed by atoms with Gasteiger partial charge in [-0.2, -0.15) is 0 Å². The Labute approximate surface area is 203 Å². The molecule has 0 aromatic carbocycles. The van der Waals surface area contributed by atoms with Gasteiger partial charge >= 0.3 is 0 Å². The average Bonchev–Trinajstić information content (AvgIpc) is 3.28. The molecule has 0 aromatic heterocycles. The molecule has 2 bridgehead atoms. The van der Waals surface area contributed by atoms with Crippen molar-refractivity contribution in [2.24, 2.45) is 17.8 Å². The number of likely N-dealkylation sites (N-methyl/N-ethyl adjacent to an activating group) is 1. The van der Waals surface area contributed by atoms with E-state index in [1.54, 1.807) is 33.9 Å². The summed E-state index contributed by atoms with van der Waals surface area (Å²) in [4.78, 5) is 46.6. The second-order valence-corrected chi connectivity index (χ2v) is 10.5. The van der Waals surface area contributed by atoms with Gasteiger partial charge in [0.05, 0.1) is 17.4 Å². The summed E-state index contributed by atoms with van der Waals surface area (Å²) in [5.74, 6) is -1.89. The molecule has 8 nitrogen and oxygen atoms in total.